The second kappa shape index (κ2) is 8.26. The summed E-state index contributed by atoms with van der Waals surface area (Å²) in [5.74, 6) is -2.56. The third kappa shape index (κ3) is 4.31. The van der Waals surface area contributed by atoms with Crippen LogP contribution in [0.1, 0.15) is 28.4 Å². The van der Waals surface area contributed by atoms with Crippen LogP contribution < -0.4 is 5.73 Å². The lowest BCUT2D eigenvalue weighted by Crippen LogP contribution is -2.51. The van der Waals surface area contributed by atoms with Gasteiger partial charge in [0.1, 0.15) is 17.2 Å². The van der Waals surface area contributed by atoms with E-state index in [-0.39, 0.29) is 25.4 Å². The van der Waals surface area contributed by atoms with Crippen LogP contribution in [-0.2, 0) is 4.79 Å². The van der Waals surface area contributed by atoms with E-state index in [9.17, 15) is 18.4 Å². The van der Waals surface area contributed by atoms with Gasteiger partial charge in [-0.2, -0.15) is 0 Å². The van der Waals surface area contributed by atoms with Crippen LogP contribution in [0, 0.1) is 11.6 Å². The lowest BCUT2D eigenvalue weighted by atomic mass is 10.0. The Kier molecular flexibility index (Phi) is 5.81. The van der Waals surface area contributed by atoms with Crippen LogP contribution in [0.25, 0.3) is 0 Å². The Hall–Kier alpha value is -2.80. The molecule has 0 aromatic heterocycles. The fourth-order valence-corrected chi connectivity index (χ4v) is 3.15. The van der Waals surface area contributed by atoms with E-state index in [4.69, 9.17) is 5.73 Å². The maximum absolute atomic E-state index is 13.8. The smallest absolute Gasteiger partial charge is 0.259 e. The topological polar surface area (TPSA) is 66.6 Å². The molecule has 0 radical (unpaired) electrons. The molecular weight excluding hydrogens is 352 g/mol. The van der Waals surface area contributed by atoms with Crippen molar-refractivity contribution in [2.24, 2.45) is 5.73 Å². The number of rotatable bonds is 4. The molecule has 5 nitrogen and oxygen atoms in total. The first-order valence-electron chi connectivity index (χ1n) is 8.79. The highest BCUT2D eigenvalue weighted by atomic mass is 19.1. The summed E-state index contributed by atoms with van der Waals surface area (Å²) in [6.45, 7) is 1.06. The summed E-state index contributed by atoms with van der Waals surface area (Å²) < 4.78 is 27.6. The van der Waals surface area contributed by atoms with Gasteiger partial charge in [0.15, 0.2) is 0 Å². The molecule has 0 bridgehead atoms. The van der Waals surface area contributed by atoms with Crippen LogP contribution in [0.4, 0.5) is 8.78 Å². The summed E-state index contributed by atoms with van der Waals surface area (Å²) in [5.41, 5.74) is 6.42. The van der Waals surface area contributed by atoms with Gasteiger partial charge in [0.2, 0.25) is 5.91 Å². The van der Waals surface area contributed by atoms with E-state index < -0.39 is 29.1 Å². The molecule has 2 amide bonds. The van der Waals surface area contributed by atoms with Gasteiger partial charge in [0, 0.05) is 38.6 Å². The highest BCUT2D eigenvalue weighted by Gasteiger charge is 2.28. The minimum atomic E-state index is -0.882. The quantitative estimate of drug-likeness (QED) is 0.895. The molecule has 0 saturated carbocycles. The molecule has 0 aliphatic carbocycles. The first-order valence-corrected chi connectivity index (χ1v) is 8.79. The van der Waals surface area contributed by atoms with Gasteiger partial charge < -0.3 is 15.5 Å². The predicted octanol–water partition coefficient (Wildman–Crippen LogP) is 2.34. The first kappa shape index (κ1) is 19.0. The van der Waals surface area contributed by atoms with Gasteiger partial charge in [0.25, 0.3) is 5.91 Å². The Balaban J connectivity index is 1.57. The number of nitrogens with two attached hydrogens (primary N) is 1. The third-order valence-corrected chi connectivity index (χ3v) is 4.72. The van der Waals surface area contributed by atoms with Crippen molar-refractivity contribution >= 4 is 11.8 Å². The molecule has 2 aromatic rings. The largest absolute Gasteiger partial charge is 0.339 e. The van der Waals surface area contributed by atoms with Gasteiger partial charge in [-0.15, -0.1) is 0 Å². The zero-order valence-corrected chi connectivity index (χ0v) is 14.8. The normalized spacial score (nSPS) is 15.5. The third-order valence-electron chi connectivity index (χ3n) is 4.72. The van der Waals surface area contributed by atoms with Crippen LogP contribution in [0.5, 0.6) is 0 Å². The molecule has 1 aliphatic rings. The van der Waals surface area contributed by atoms with Gasteiger partial charge in [0.05, 0.1) is 0 Å². The number of hydrogen-bond acceptors (Lipinski definition) is 3. The predicted molar refractivity (Wildman–Crippen MR) is 96.8 cm³/mol. The minimum Gasteiger partial charge on any atom is -0.339 e. The fourth-order valence-electron chi connectivity index (χ4n) is 3.15. The second-order valence-electron chi connectivity index (χ2n) is 6.49. The molecule has 142 valence electrons. The summed E-state index contributed by atoms with van der Waals surface area (Å²) in [4.78, 5) is 27.9. The van der Waals surface area contributed by atoms with Crippen LogP contribution in [0.3, 0.4) is 0 Å². The molecule has 7 heteroatoms. The molecule has 1 unspecified atom stereocenters. The molecule has 2 aromatic carbocycles. The fraction of sp³-hybridized carbons (Fsp3) is 0.300. The molecule has 1 fully saturated rings. The molecule has 1 heterocycles. The Bertz CT molecular complexity index is 801. The van der Waals surface area contributed by atoms with E-state index in [0.29, 0.717) is 13.1 Å². The van der Waals surface area contributed by atoms with Crippen molar-refractivity contribution in [3.8, 4) is 0 Å². The van der Waals surface area contributed by atoms with Gasteiger partial charge in [-0.25, -0.2) is 8.78 Å². The average Bonchev–Trinajstić information content (AvgIpc) is 2.68. The summed E-state index contributed by atoms with van der Waals surface area (Å²) in [6, 6.07) is 12.3. The first-order chi connectivity index (χ1) is 13.0. The Morgan fingerprint density at radius 3 is 2.04 bits per heavy atom. The maximum Gasteiger partial charge on any atom is 0.259 e. The molecule has 27 heavy (non-hydrogen) atoms. The number of carbonyl (C=O) groups is 2. The van der Waals surface area contributed by atoms with E-state index in [1.807, 2.05) is 30.3 Å². The molecule has 0 spiro atoms. The zero-order valence-electron chi connectivity index (χ0n) is 14.8. The minimum absolute atomic E-state index is 0.101. The van der Waals surface area contributed by atoms with Crippen LogP contribution >= 0.6 is 0 Å². The zero-order chi connectivity index (χ0) is 19.4. The SMILES string of the molecule is NC(CC(=O)N1CCN(C(=O)c2c(F)cccc2F)CC1)c1ccccc1. The van der Waals surface area contributed by atoms with Gasteiger partial charge >= 0.3 is 0 Å². The van der Waals surface area contributed by atoms with E-state index in [2.05, 4.69) is 0 Å². The van der Waals surface area contributed by atoms with Crippen molar-refractivity contribution < 1.29 is 18.4 Å². The number of piperazine rings is 1. The molecule has 1 atom stereocenters. The van der Waals surface area contributed by atoms with Gasteiger partial charge in [-0.1, -0.05) is 36.4 Å². The van der Waals surface area contributed by atoms with Crippen LogP contribution in [0.2, 0.25) is 0 Å². The van der Waals surface area contributed by atoms with Crippen molar-refractivity contribution in [1.82, 2.24) is 9.80 Å². The standard InChI is InChI=1S/C20H21F2N3O2/c21-15-7-4-8-16(22)19(15)20(27)25-11-9-24(10-12-25)18(26)13-17(23)14-5-2-1-3-6-14/h1-8,17H,9-13,23H2. The number of nitrogens with zero attached hydrogens (tertiary/aromatic N) is 2. The summed E-state index contributed by atoms with van der Waals surface area (Å²) >= 11 is 0. The molecule has 1 aliphatic heterocycles. The second-order valence-corrected chi connectivity index (χ2v) is 6.49. The maximum atomic E-state index is 13.8. The Labute approximate surface area is 156 Å². The van der Waals surface area contributed by atoms with Crippen molar-refractivity contribution in [2.45, 2.75) is 12.5 Å². The van der Waals surface area contributed by atoms with E-state index >= 15 is 0 Å². The van der Waals surface area contributed by atoms with E-state index in [0.717, 1.165) is 17.7 Å². The van der Waals surface area contributed by atoms with Gasteiger partial charge in [-0.3, -0.25) is 9.59 Å². The number of amides is 2. The molecule has 2 N–H and O–H groups in total. The van der Waals surface area contributed by atoms with Gasteiger partial charge in [-0.05, 0) is 17.7 Å². The summed E-state index contributed by atoms with van der Waals surface area (Å²) in [6.07, 6.45) is 0.167. The van der Waals surface area contributed by atoms with Crippen molar-refractivity contribution in [2.75, 3.05) is 26.2 Å². The lowest BCUT2D eigenvalue weighted by molar-refractivity contribution is -0.133. The van der Waals surface area contributed by atoms with Crippen molar-refractivity contribution in [3.63, 3.8) is 0 Å². The number of benzene rings is 2. The number of carbonyl (C=O) groups excluding carboxylic acids is 2. The molecular formula is C20H21F2N3O2. The summed E-state index contributed by atoms with van der Waals surface area (Å²) in [7, 11) is 0. The monoisotopic (exact) mass is 373 g/mol. The van der Waals surface area contributed by atoms with E-state index in [1.165, 1.54) is 11.0 Å². The molecule has 3 rings (SSSR count). The molecule has 1 saturated heterocycles. The van der Waals surface area contributed by atoms with Crippen molar-refractivity contribution in [3.05, 3.63) is 71.3 Å². The lowest BCUT2D eigenvalue weighted by Gasteiger charge is -2.35. The number of halogens is 2. The number of hydrogen-bond donors (Lipinski definition) is 1. The Morgan fingerprint density at radius 2 is 1.44 bits per heavy atom. The average molecular weight is 373 g/mol. The van der Waals surface area contributed by atoms with E-state index in [1.54, 1.807) is 4.90 Å². The van der Waals surface area contributed by atoms with Crippen LogP contribution in [0.15, 0.2) is 48.5 Å². The highest BCUT2D eigenvalue weighted by molar-refractivity contribution is 5.95. The highest BCUT2D eigenvalue weighted by Crippen LogP contribution is 2.18. The van der Waals surface area contributed by atoms with Crippen LogP contribution in [-0.4, -0.2) is 47.8 Å². The summed E-state index contributed by atoms with van der Waals surface area (Å²) in [5, 5.41) is 0. The van der Waals surface area contributed by atoms with Crippen molar-refractivity contribution in [1.29, 1.82) is 0 Å². The Morgan fingerprint density at radius 1 is 0.889 bits per heavy atom.